The minimum atomic E-state index is -0.0638. The van der Waals surface area contributed by atoms with E-state index >= 15 is 0 Å². The normalized spacial score (nSPS) is 24.4. The molecule has 23 heavy (non-hydrogen) atoms. The van der Waals surface area contributed by atoms with E-state index < -0.39 is 0 Å². The van der Waals surface area contributed by atoms with Crippen LogP contribution in [0.25, 0.3) is 0 Å². The van der Waals surface area contributed by atoms with E-state index in [0.717, 1.165) is 39.0 Å². The molecule has 2 aromatic heterocycles. The lowest BCUT2D eigenvalue weighted by Gasteiger charge is -2.34. The Morgan fingerprint density at radius 1 is 1.48 bits per heavy atom. The SMILES string of the molecule is O=C(CC1OCCc2sccc21)N1CCCC(n2ccnc2)C1. The topological polar surface area (TPSA) is 47.4 Å². The quantitative estimate of drug-likeness (QED) is 0.869. The van der Waals surface area contributed by atoms with Gasteiger partial charge in [-0.15, -0.1) is 11.3 Å². The van der Waals surface area contributed by atoms with Crippen molar-refractivity contribution in [3.8, 4) is 0 Å². The number of carbonyl (C=O) groups excluding carboxylic acids is 1. The van der Waals surface area contributed by atoms with Gasteiger partial charge in [-0.05, 0) is 29.9 Å². The number of thiophene rings is 1. The second-order valence-electron chi connectivity index (χ2n) is 6.26. The van der Waals surface area contributed by atoms with Crippen molar-refractivity contribution < 1.29 is 9.53 Å². The van der Waals surface area contributed by atoms with Gasteiger partial charge in [-0.2, -0.15) is 0 Å². The largest absolute Gasteiger partial charge is 0.373 e. The summed E-state index contributed by atoms with van der Waals surface area (Å²) in [5.41, 5.74) is 1.22. The fourth-order valence-electron chi connectivity index (χ4n) is 3.59. The van der Waals surface area contributed by atoms with Crippen LogP contribution in [0.15, 0.2) is 30.2 Å². The molecular formula is C17H21N3O2S. The van der Waals surface area contributed by atoms with Crippen molar-refractivity contribution >= 4 is 17.2 Å². The Bertz CT molecular complexity index is 667. The first-order chi connectivity index (χ1) is 11.3. The summed E-state index contributed by atoms with van der Waals surface area (Å²) in [6.07, 6.45) is 9.16. The van der Waals surface area contributed by atoms with Crippen molar-refractivity contribution in [1.29, 1.82) is 0 Å². The molecule has 0 aromatic carbocycles. The van der Waals surface area contributed by atoms with Crippen LogP contribution >= 0.6 is 11.3 Å². The molecule has 0 spiro atoms. The lowest BCUT2D eigenvalue weighted by atomic mass is 10.0. The molecule has 2 aliphatic rings. The van der Waals surface area contributed by atoms with Crippen LogP contribution in [0.5, 0.6) is 0 Å². The van der Waals surface area contributed by atoms with Gasteiger partial charge in [0.1, 0.15) is 0 Å². The number of hydrogen-bond acceptors (Lipinski definition) is 4. The van der Waals surface area contributed by atoms with Gasteiger partial charge < -0.3 is 14.2 Å². The summed E-state index contributed by atoms with van der Waals surface area (Å²) in [5.74, 6) is 0.207. The van der Waals surface area contributed by atoms with Gasteiger partial charge in [0, 0.05) is 36.8 Å². The van der Waals surface area contributed by atoms with Crippen LogP contribution in [0.4, 0.5) is 0 Å². The van der Waals surface area contributed by atoms with E-state index in [0.29, 0.717) is 12.5 Å². The first kappa shape index (κ1) is 14.9. The van der Waals surface area contributed by atoms with Crippen molar-refractivity contribution in [1.82, 2.24) is 14.5 Å². The third kappa shape index (κ3) is 3.05. The molecule has 0 N–H and O–H groups in total. The van der Waals surface area contributed by atoms with Crippen molar-refractivity contribution in [3.63, 3.8) is 0 Å². The summed E-state index contributed by atoms with van der Waals surface area (Å²) in [4.78, 5) is 20.2. The van der Waals surface area contributed by atoms with Gasteiger partial charge >= 0.3 is 0 Å². The number of hydrogen-bond donors (Lipinski definition) is 0. The van der Waals surface area contributed by atoms with Crippen LogP contribution in [0.1, 0.15) is 41.8 Å². The lowest BCUT2D eigenvalue weighted by Crippen LogP contribution is -2.41. The Hall–Kier alpha value is -1.66. The smallest absolute Gasteiger partial charge is 0.225 e. The molecule has 2 atom stereocenters. The number of amides is 1. The predicted octanol–water partition coefficient (Wildman–Crippen LogP) is 2.81. The highest BCUT2D eigenvalue weighted by Gasteiger charge is 2.29. The maximum absolute atomic E-state index is 12.7. The van der Waals surface area contributed by atoms with E-state index in [1.54, 1.807) is 17.5 Å². The first-order valence-corrected chi connectivity index (χ1v) is 9.12. The lowest BCUT2D eigenvalue weighted by molar-refractivity contribution is -0.136. The molecule has 5 nitrogen and oxygen atoms in total. The second-order valence-corrected chi connectivity index (χ2v) is 7.26. The molecule has 2 aliphatic heterocycles. The molecule has 0 bridgehead atoms. The minimum Gasteiger partial charge on any atom is -0.373 e. The van der Waals surface area contributed by atoms with Gasteiger partial charge in [0.05, 0.1) is 31.5 Å². The van der Waals surface area contributed by atoms with E-state index in [1.165, 1.54) is 10.4 Å². The van der Waals surface area contributed by atoms with Gasteiger partial charge in [0.2, 0.25) is 5.91 Å². The van der Waals surface area contributed by atoms with Gasteiger partial charge in [-0.1, -0.05) is 0 Å². The monoisotopic (exact) mass is 331 g/mol. The number of nitrogens with zero attached hydrogens (tertiary/aromatic N) is 3. The van der Waals surface area contributed by atoms with E-state index in [2.05, 4.69) is 21.0 Å². The summed E-state index contributed by atoms with van der Waals surface area (Å²) in [5, 5.41) is 2.10. The van der Waals surface area contributed by atoms with Crippen LogP contribution in [0, 0.1) is 0 Å². The molecule has 1 fully saturated rings. The number of imidazole rings is 1. The molecule has 4 rings (SSSR count). The molecule has 1 amide bonds. The fourth-order valence-corrected chi connectivity index (χ4v) is 4.51. The highest BCUT2D eigenvalue weighted by atomic mass is 32.1. The standard InChI is InChI=1S/C17H21N3O2S/c21-17(10-15-14-4-9-23-16(14)3-8-22-15)19-6-1-2-13(11-19)20-7-5-18-12-20/h4-5,7,9,12-13,15H,1-3,6,8,10-11H2. The van der Waals surface area contributed by atoms with Crippen molar-refractivity contribution in [2.24, 2.45) is 0 Å². The third-order valence-corrected chi connectivity index (χ3v) is 5.83. The molecule has 2 aromatic rings. The Balaban J connectivity index is 1.42. The number of aromatic nitrogens is 2. The van der Waals surface area contributed by atoms with Crippen LogP contribution in [0.2, 0.25) is 0 Å². The molecule has 0 aliphatic carbocycles. The summed E-state index contributed by atoms with van der Waals surface area (Å²) in [6.45, 7) is 2.36. The van der Waals surface area contributed by atoms with E-state index in [4.69, 9.17) is 4.74 Å². The summed E-state index contributed by atoms with van der Waals surface area (Å²) < 4.78 is 7.99. The molecule has 1 saturated heterocycles. The van der Waals surface area contributed by atoms with E-state index in [-0.39, 0.29) is 12.0 Å². The number of likely N-dealkylation sites (tertiary alicyclic amines) is 1. The zero-order chi connectivity index (χ0) is 15.6. The van der Waals surface area contributed by atoms with E-state index in [1.807, 2.05) is 17.4 Å². The van der Waals surface area contributed by atoms with Crippen LogP contribution in [0.3, 0.4) is 0 Å². The molecule has 122 valence electrons. The highest BCUT2D eigenvalue weighted by molar-refractivity contribution is 7.10. The van der Waals surface area contributed by atoms with Gasteiger partial charge in [0.15, 0.2) is 0 Å². The summed E-state index contributed by atoms with van der Waals surface area (Å²) >= 11 is 1.78. The predicted molar refractivity (Wildman–Crippen MR) is 88.4 cm³/mol. The molecule has 0 radical (unpaired) electrons. The van der Waals surface area contributed by atoms with Crippen LogP contribution < -0.4 is 0 Å². The van der Waals surface area contributed by atoms with Gasteiger partial charge in [-0.25, -0.2) is 4.98 Å². The highest BCUT2D eigenvalue weighted by Crippen LogP contribution is 2.34. The Morgan fingerprint density at radius 3 is 3.30 bits per heavy atom. The molecule has 2 unspecified atom stereocenters. The zero-order valence-electron chi connectivity index (χ0n) is 13.1. The maximum atomic E-state index is 12.7. The Labute approximate surface area is 139 Å². The number of fused-ring (bicyclic) bond motifs is 1. The first-order valence-electron chi connectivity index (χ1n) is 8.24. The second kappa shape index (κ2) is 6.45. The summed E-state index contributed by atoms with van der Waals surface area (Å²) in [7, 11) is 0. The maximum Gasteiger partial charge on any atom is 0.225 e. The molecule has 0 saturated carbocycles. The number of carbonyl (C=O) groups is 1. The van der Waals surface area contributed by atoms with E-state index in [9.17, 15) is 4.79 Å². The average molecular weight is 331 g/mol. The van der Waals surface area contributed by atoms with Gasteiger partial charge in [0.25, 0.3) is 0 Å². The Morgan fingerprint density at radius 2 is 2.43 bits per heavy atom. The van der Waals surface area contributed by atoms with Crippen LogP contribution in [-0.4, -0.2) is 40.1 Å². The third-order valence-electron chi connectivity index (χ3n) is 4.83. The van der Waals surface area contributed by atoms with Gasteiger partial charge in [-0.3, -0.25) is 4.79 Å². The average Bonchev–Trinajstić information content (AvgIpc) is 3.27. The number of piperidine rings is 1. The molecule has 4 heterocycles. The van der Waals surface area contributed by atoms with Crippen molar-refractivity contribution in [3.05, 3.63) is 40.6 Å². The Kier molecular flexibility index (Phi) is 4.18. The fraction of sp³-hybridized carbons (Fsp3) is 0.529. The minimum absolute atomic E-state index is 0.0638. The molecule has 6 heteroatoms. The van der Waals surface area contributed by atoms with Crippen molar-refractivity contribution in [2.75, 3.05) is 19.7 Å². The zero-order valence-corrected chi connectivity index (χ0v) is 13.9. The molecular weight excluding hydrogens is 310 g/mol. The number of rotatable bonds is 3. The van der Waals surface area contributed by atoms with Crippen molar-refractivity contribution in [2.45, 2.75) is 37.8 Å². The summed E-state index contributed by atoms with van der Waals surface area (Å²) in [6, 6.07) is 2.46. The number of ether oxygens (including phenoxy) is 1. The van der Waals surface area contributed by atoms with Crippen LogP contribution in [-0.2, 0) is 16.0 Å².